The number of hydrogen-bond donors (Lipinski definition) is 3. The van der Waals surface area contributed by atoms with Crippen LogP contribution in [-0.4, -0.2) is 34.1 Å². The minimum absolute atomic E-state index is 0.0751. The van der Waals surface area contributed by atoms with E-state index in [1.54, 1.807) is 39.1 Å². The first kappa shape index (κ1) is 28.2. The second-order valence-corrected chi connectivity index (χ2v) is 10.7. The van der Waals surface area contributed by atoms with Crippen LogP contribution in [0.4, 0.5) is 13.9 Å². The summed E-state index contributed by atoms with van der Waals surface area (Å²) in [6.07, 6.45) is 1.35. The molecular formula is C27H31F2N3O4S. The Morgan fingerprint density at radius 1 is 1.08 bits per heavy atom. The van der Waals surface area contributed by atoms with E-state index in [1.165, 1.54) is 17.4 Å². The fourth-order valence-electron chi connectivity index (χ4n) is 3.51. The molecule has 0 spiro atoms. The van der Waals surface area contributed by atoms with Crippen molar-refractivity contribution in [2.75, 3.05) is 5.32 Å². The molecular weight excluding hydrogens is 500 g/mol. The van der Waals surface area contributed by atoms with Crippen LogP contribution in [0.5, 0.6) is 5.75 Å². The van der Waals surface area contributed by atoms with Crippen molar-refractivity contribution in [2.45, 2.75) is 59.3 Å². The van der Waals surface area contributed by atoms with Crippen molar-refractivity contribution in [3.05, 3.63) is 65.9 Å². The number of aromatic nitrogens is 1. The number of ether oxygens (including phenoxy) is 1. The van der Waals surface area contributed by atoms with E-state index in [4.69, 9.17) is 4.74 Å². The average molecular weight is 532 g/mol. The summed E-state index contributed by atoms with van der Waals surface area (Å²) < 4.78 is 33.3. The first-order valence-corrected chi connectivity index (χ1v) is 12.7. The molecule has 10 heteroatoms. The van der Waals surface area contributed by atoms with Crippen molar-refractivity contribution in [3.8, 4) is 16.2 Å². The van der Waals surface area contributed by atoms with Gasteiger partial charge in [-0.3, -0.25) is 9.59 Å². The maximum Gasteiger partial charge on any atom is 0.250 e. The van der Waals surface area contributed by atoms with Gasteiger partial charge < -0.3 is 20.5 Å². The third kappa shape index (κ3) is 7.33. The van der Waals surface area contributed by atoms with Crippen LogP contribution in [0.15, 0.2) is 48.7 Å². The Labute approximate surface area is 218 Å². The molecule has 37 heavy (non-hydrogen) atoms. The van der Waals surface area contributed by atoms with Crippen LogP contribution in [0, 0.1) is 17.0 Å². The van der Waals surface area contributed by atoms with E-state index in [9.17, 15) is 23.5 Å². The van der Waals surface area contributed by atoms with Gasteiger partial charge in [-0.25, -0.2) is 13.8 Å². The predicted octanol–water partition coefficient (Wildman–Crippen LogP) is 5.30. The van der Waals surface area contributed by atoms with E-state index in [1.807, 2.05) is 19.1 Å². The van der Waals surface area contributed by atoms with E-state index in [0.717, 1.165) is 17.7 Å². The normalized spacial score (nSPS) is 13.1. The summed E-state index contributed by atoms with van der Waals surface area (Å²) in [4.78, 5) is 30.4. The summed E-state index contributed by atoms with van der Waals surface area (Å²) >= 11 is 1.21. The number of carbonyl (C=O) groups is 2. The molecule has 2 aromatic carbocycles. The van der Waals surface area contributed by atoms with Crippen LogP contribution in [0.3, 0.4) is 0 Å². The Balaban J connectivity index is 1.72. The summed E-state index contributed by atoms with van der Waals surface area (Å²) in [5.41, 5.74) is 0.749. The second-order valence-electron chi connectivity index (χ2n) is 9.63. The number of nitrogens with one attached hydrogen (secondary N) is 2. The van der Waals surface area contributed by atoms with E-state index in [0.29, 0.717) is 28.4 Å². The molecule has 3 aromatic rings. The number of anilines is 1. The van der Waals surface area contributed by atoms with Gasteiger partial charge in [-0.05, 0) is 35.1 Å². The van der Waals surface area contributed by atoms with E-state index in [2.05, 4.69) is 15.6 Å². The zero-order valence-corrected chi connectivity index (χ0v) is 22.0. The monoisotopic (exact) mass is 531 g/mol. The lowest BCUT2D eigenvalue weighted by atomic mass is 9.88. The maximum atomic E-state index is 13.9. The molecule has 3 N–H and O–H groups in total. The molecule has 1 aromatic heterocycles. The van der Waals surface area contributed by atoms with Crippen molar-refractivity contribution in [1.29, 1.82) is 0 Å². The highest BCUT2D eigenvalue weighted by molar-refractivity contribution is 7.19. The lowest BCUT2D eigenvalue weighted by Gasteiger charge is -2.26. The first-order chi connectivity index (χ1) is 17.5. The number of benzene rings is 2. The molecule has 198 valence electrons. The number of amides is 2. The number of thiazole rings is 1. The molecule has 0 bridgehead atoms. The molecule has 2 amide bonds. The second kappa shape index (κ2) is 12.2. The largest absolute Gasteiger partial charge is 0.483 e. The third-order valence-electron chi connectivity index (χ3n) is 5.59. The van der Waals surface area contributed by atoms with Gasteiger partial charge in [-0.2, -0.15) is 0 Å². The molecule has 0 fully saturated rings. The Morgan fingerprint density at radius 3 is 2.41 bits per heavy atom. The van der Waals surface area contributed by atoms with Gasteiger partial charge in [0.15, 0.2) is 22.5 Å². The predicted molar refractivity (Wildman–Crippen MR) is 139 cm³/mol. The van der Waals surface area contributed by atoms with E-state index < -0.39 is 46.8 Å². The fourth-order valence-corrected chi connectivity index (χ4v) is 4.39. The van der Waals surface area contributed by atoms with Crippen LogP contribution in [0.2, 0.25) is 0 Å². The molecule has 0 aliphatic rings. The molecule has 0 saturated carbocycles. The van der Waals surface area contributed by atoms with Gasteiger partial charge in [0, 0.05) is 6.20 Å². The molecule has 7 nitrogen and oxygen atoms in total. The van der Waals surface area contributed by atoms with Gasteiger partial charge in [0.25, 0.3) is 0 Å². The number of halogens is 2. The molecule has 2 atom stereocenters. The Kier molecular flexibility index (Phi) is 9.34. The molecule has 1 heterocycles. The number of rotatable bonds is 10. The van der Waals surface area contributed by atoms with E-state index in [-0.39, 0.29) is 6.61 Å². The van der Waals surface area contributed by atoms with Gasteiger partial charge >= 0.3 is 0 Å². The summed E-state index contributed by atoms with van der Waals surface area (Å²) in [5, 5.41) is 15.9. The summed E-state index contributed by atoms with van der Waals surface area (Å²) in [5.74, 6) is -3.08. The van der Waals surface area contributed by atoms with Gasteiger partial charge in [-0.1, -0.05) is 75.8 Å². The number of nitrogens with zero attached hydrogens (tertiary/aromatic N) is 1. The van der Waals surface area contributed by atoms with Crippen LogP contribution in [0.25, 0.3) is 10.4 Å². The zero-order chi connectivity index (χ0) is 27.2. The zero-order valence-electron chi connectivity index (χ0n) is 21.2. The smallest absolute Gasteiger partial charge is 0.250 e. The van der Waals surface area contributed by atoms with Crippen molar-refractivity contribution in [3.63, 3.8) is 0 Å². The average Bonchev–Trinajstić information content (AvgIpc) is 3.30. The maximum absolute atomic E-state index is 13.9. The molecule has 0 aliphatic carbocycles. The van der Waals surface area contributed by atoms with Crippen LogP contribution in [0.1, 0.15) is 46.1 Å². The Hall–Kier alpha value is -3.37. The summed E-state index contributed by atoms with van der Waals surface area (Å²) in [6.45, 7) is 7.02. The standard InChI is InChI=1S/C27H31F2N3O4S/c1-5-9-20(31-25(35)23(33)27(2,3)4)24(34)32-26-30-14-21(37-26)17-11-7-6-10-16(17)15-36-22-18(28)12-8-13-19(22)29/h6-8,10-14,20,23,33H,5,9,15H2,1-4H3,(H,31,35)(H,30,32,34)/t20-,23+/m0/s1. The number of hydrogen-bond acceptors (Lipinski definition) is 6. The highest BCUT2D eigenvalue weighted by Crippen LogP contribution is 2.33. The summed E-state index contributed by atoms with van der Waals surface area (Å²) in [6, 6.07) is 9.88. The van der Waals surface area contributed by atoms with Gasteiger partial charge in [0.1, 0.15) is 18.8 Å². The van der Waals surface area contributed by atoms with Gasteiger partial charge in [0.2, 0.25) is 11.8 Å². The molecule has 0 saturated heterocycles. The SMILES string of the molecule is CCC[C@H](NC(=O)[C@@H](O)C(C)(C)C)C(=O)Nc1ncc(-c2ccccc2COc2c(F)cccc2F)s1. The van der Waals surface area contributed by atoms with Gasteiger partial charge in [-0.15, -0.1) is 0 Å². The van der Waals surface area contributed by atoms with Crippen molar-refractivity contribution >= 4 is 28.3 Å². The Bertz CT molecular complexity index is 1220. The van der Waals surface area contributed by atoms with Crippen molar-refractivity contribution in [1.82, 2.24) is 10.3 Å². The van der Waals surface area contributed by atoms with Crippen molar-refractivity contribution < 1.29 is 28.2 Å². The van der Waals surface area contributed by atoms with Crippen molar-refractivity contribution in [2.24, 2.45) is 5.41 Å². The molecule has 0 radical (unpaired) electrons. The fraction of sp³-hybridized carbons (Fsp3) is 0.370. The number of aliphatic hydroxyl groups excluding tert-OH is 1. The Morgan fingerprint density at radius 2 is 1.76 bits per heavy atom. The number of aliphatic hydroxyl groups is 1. The van der Waals surface area contributed by atoms with E-state index >= 15 is 0 Å². The highest BCUT2D eigenvalue weighted by atomic mass is 32.1. The number of carbonyl (C=O) groups excluding carboxylic acids is 2. The minimum Gasteiger partial charge on any atom is -0.483 e. The van der Waals surface area contributed by atoms with Crippen LogP contribution >= 0.6 is 11.3 Å². The summed E-state index contributed by atoms with van der Waals surface area (Å²) in [7, 11) is 0. The molecule has 3 rings (SSSR count). The third-order valence-corrected chi connectivity index (χ3v) is 6.53. The topological polar surface area (TPSA) is 101 Å². The molecule has 0 aliphatic heterocycles. The molecule has 0 unspecified atom stereocenters. The highest BCUT2D eigenvalue weighted by Gasteiger charge is 2.32. The van der Waals surface area contributed by atoms with Crippen LogP contribution in [-0.2, 0) is 16.2 Å². The van der Waals surface area contributed by atoms with Gasteiger partial charge in [0.05, 0.1) is 4.88 Å². The minimum atomic E-state index is -1.26. The lowest BCUT2D eigenvalue weighted by Crippen LogP contribution is -2.50. The lowest BCUT2D eigenvalue weighted by molar-refractivity contribution is -0.137. The number of para-hydroxylation sites is 1. The van der Waals surface area contributed by atoms with Crippen LogP contribution < -0.4 is 15.4 Å². The first-order valence-electron chi connectivity index (χ1n) is 11.9. The quantitative estimate of drug-likeness (QED) is 0.330.